The molecule has 0 unspecified atom stereocenters. The Labute approximate surface area is 349 Å². The minimum atomic E-state index is -0.687. The lowest BCUT2D eigenvalue weighted by Crippen LogP contribution is -2.52. The number of alkyl carbamates (subject to hydrolysis) is 2. The van der Waals surface area contributed by atoms with Gasteiger partial charge in [0.05, 0.1) is 62.8 Å². The van der Waals surface area contributed by atoms with Crippen molar-refractivity contribution in [3.8, 4) is 33.6 Å². The number of hydrogen-bond acceptors (Lipinski definition) is 9. The summed E-state index contributed by atoms with van der Waals surface area (Å²) in [5, 5.41) is 5.50. The highest BCUT2D eigenvalue weighted by Gasteiger charge is 2.56. The second-order valence-electron chi connectivity index (χ2n) is 16.5. The first-order chi connectivity index (χ1) is 29.1. The standard InChI is InChI=1S/C45H54N8O7/c1-26(2)38(51-45(57)59-4)43(55)53-36-22-31(36)23-37(53)40-46-24-33(47-40)29-16-12-27(13-17-29)28-14-18-30(19-15-28)39-34-25-60-21-8-6-5-7-10-32(49-44(56)58-3)42(54)52-20-9-11-35(52)41(48-34)50-39/h6,8,12-19,24,26,31-32,35-38H,5,7,9-11,20-23,25H2,1-4H3,(H,46,47)(H,48,50)(H,49,56)(H,51,57)/b8-6-/t31-,32+,35+,36-,37+,38+/m1/s1. The number of allylic oxidation sites excluding steroid dienone is 1. The van der Waals surface area contributed by atoms with Gasteiger partial charge in [0.25, 0.3) is 0 Å². The molecule has 15 nitrogen and oxygen atoms in total. The Bertz CT molecular complexity index is 2210. The number of aromatic nitrogens is 4. The van der Waals surface area contributed by atoms with E-state index in [9.17, 15) is 19.2 Å². The Morgan fingerprint density at radius 3 is 2.28 bits per heavy atom. The number of benzene rings is 2. The molecule has 4 N–H and O–H groups in total. The van der Waals surface area contributed by atoms with Crippen LogP contribution in [0.2, 0.25) is 0 Å². The summed E-state index contributed by atoms with van der Waals surface area (Å²) < 4.78 is 15.7. The first kappa shape index (κ1) is 40.8. The van der Waals surface area contributed by atoms with E-state index in [0.29, 0.717) is 37.9 Å². The van der Waals surface area contributed by atoms with Gasteiger partial charge in [-0.2, -0.15) is 0 Å². The Kier molecular flexibility index (Phi) is 12.0. The number of methoxy groups -OCH3 is 2. The summed E-state index contributed by atoms with van der Waals surface area (Å²) in [5.41, 5.74) is 6.47. The van der Waals surface area contributed by atoms with Gasteiger partial charge in [-0.05, 0) is 73.5 Å². The van der Waals surface area contributed by atoms with Crippen molar-refractivity contribution in [1.82, 2.24) is 40.4 Å². The highest BCUT2D eigenvalue weighted by Crippen LogP contribution is 2.53. The summed E-state index contributed by atoms with van der Waals surface area (Å²) in [4.78, 5) is 72.6. The lowest BCUT2D eigenvalue weighted by atomic mass is 10.0. The van der Waals surface area contributed by atoms with Gasteiger partial charge in [-0.15, -0.1) is 0 Å². The molecule has 4 amide bonds. The van der Waals surface area contributed by atoms with Crippen molar-refractivity contribution in [2.45, 2.75) is 95.6 Å². The molecule has 4 aliphatic rings. The van der Waals surface area contributed by atoms with Crippen LogP contribution in [0.1, 0.15) is 88.2 Å². The van der Waals surface area contributed by atoms with E-state index in [4.69, 9.17) is 24.2 Å². The molecule has 2 saturated heterocycles. The number of ether oxygens (including phenoxy) is 3. The third-order valence-electron chi connectivity index (χ3n) is 12.3. The van der Waals surface area contributed by atoms with E-state index in [-0.39, 0.29) is 35.9 Å². The maximum Gasteiger partial charge on any atom is 0.407 e. The van der Waals surface area contributed by atoms with Gasteiger partial charge in [-0.3, -0.25) is 9.59 Å². The quantitative estimate of drug-likeness (QED) is 0.139. The molecule has 5 heterocycles. The lowest BCUT2D eigenvalue weighted by molar-refractivity contribution is -0.137. The number of fused-ring (bicyclic) bond motifs is 5. The molecule has 8 rings (SSSR count). The van der Waals surface area contributed by atoms with Crippen LogP contribution in [0.3, 0.4) is 0 Å². The van der Waals surface area contributed by atoms with E-state index in [2.05, 4.69) is 69.1 Å². The fraction of sp³-hybridized carbons (Fsp3) is 0.467. The van der Waals surface area contributed by atoms with Crippen molar-refractivity contribution in [2.75, 3.05) is 27.4 Å². The van der Waals surface area contributed by atoms with Crippen molar-refractivity contribution in [1.29, 1.82) is 0 Å². The zero-order valence-corrected chi connectivity index (χ0v) is 34.6. The minimum absolute atomic E-state index is 0.104. The molecule has 15 heteroatoms. The molecule has 316 valence electrons. The van der Waals surface area contributed by atoms with Crippen LogP contribution < -0.4 is 10.6 Å². The molecular weight excluding hydrogens is 765 g/mol. The lowest BCUT2D eigenvalue weighted by Gasteiger charge is -2.31. The molecule has 4 aromatic rings. The third kappa shape index (κ3) is 8.53. The predicted octanol–water partition coefficient (Wildman–Crippen LogP) is 6.82. The van der Waals surface area contributed by atoms with E-state index < -0.39 is 24.3 Å². The predicted molar refractivity (Wildman–Crippen MR) is 223 cm³/mol. The number of carbonyl (C=O) groups excluding carboxylic acids is 4. The SMILES string of the molecule is COC(=O)N[C@H]1CCC/C=C\COCc2[nH]c(nc2-c2ccc(-c3ccc(-c4cnc([C@@H]5C[C@H]6C[C@H]6N5C(=O)[C@@H](NC(=O)OC)C(C)C)[nH]4)cc3)cc2)[C@@H]2CCCN2C1=O. The maximum absolute atomic E-state index is 13.9. The Morgan fingerprint density at radius 1 is 0.850 bits per heavy atom. The molecule has 3 aliphatic heterocycles. The molecular formula is C45H54N8O7. The van der Waals surface area contributed by atoms with Gasteiger partial charge in [0.2, 0.25) is 11.8 Å². The number of nitrogens with one attached hydrogen (secondary N) is 4. The van der Waals surface area contributed by atoms with Crippen LogP contribution in [0.25, 0.3) is 33.6 Å². The first-order valence-corrected chi connectivity index (χ1v) is 21.0. The number of rotatable bonds is 8. The average molecular weight is 819 g/mol. The number of hydrogen-bond donors (Lipinski definition) is 4. The number of likely N-dealkylation sites (tertiary alicyclic amines) is 1. The van der Waals surface area contributed by atoms with Crippen LogP contribution in [-0.4, -0.2) is 99.2 Å². The smallest absolute Gasteiger partial charge is 0.407 e. The van der Waals surface area contributed by atoms with Crippen molar-refractivity contribution in [3.05, 3.63) is 84.2 Å². The van der Waals surface area contributed by atoms with Crippen LogP contribution in [0.15, 0.2) is 66.9 Å². The average Bonchev–Trinajstić information content (AvgIpc) is 3.76. The maximum atomic E-state index is 13.9. The number of carbonyl (C=O) groups is 4. The van der Waals surface area contributed by atoms with Crippen molar-refractivity contribution < 1.29 is 33.4 Å². The Morgan fingerprint density at radius 2 is 1.57 bits per heavy atom. The Balaban J connectivity index is 0.981. The van der Waals surface area contributed by atoms with Crippen LogP contribution in [-0.2, 0) is 30.4 Å². The molecule has 2 aromatic heterocycles. The first-order valence-electron chi connectivity index (χ1n) is 21.0. The fourth-order valence-corrected chi connectivity index (χ4v) is 8.95. The number of nitrogens with zero attached hydrogens (tertiary/aromatic N) is 4. The molecule has 3 fully saturated rings. The summed E-state index contributed by atoms with van der Waals surface area (Å²) >= 11 is 0. The summed E-state index contributed by atoms with van der Waals surface area (Å²) in [5.74, 6) is 1.55. The summed E-state index contributed by atoms with van der Waals surface area (Å²) in [6.07, 6.45) is 10.0. The highest BCUT2D eigenvalue weighted by molar-refractivity contribution is 5.87. The second-order valence-corrected chi connectivity index (χ2v) is 16.5. The van der Waals surface area contributed by atoms with Crippen LogP contribution in [0.5, 0.6) is 0 Å². The van der Waals surface area contributed by atoms with Crippen LogP contribution >= 0.6 is 0 Å². The van der Waals surface area contributed by atoms with Gasteiger partial charge in [-0.1, -0.05) is 74.5 Å². The number of aromatic amines is 2. The number of H-pyrrole nitrogens is 2. The molecule has 2 aromatic carbocycles. The van der Waals surface area contributed by atoms with Crippen molar-refractivity contribution in [3.63, 3.8) is 0 Å². The van der Waals surface area contributed by atoms with E-state index in [1.165, 1.54) is 14.2 Å². The molecule has 1 saturated carbocycles. The number of amides is 4. The largest absolute Gasteiger partial charge is 0.453 e. The number of imidazole rings is 2. The molecule has 0 radical (unpaired) electrons. The van der Waals surface area contributed by atoms with Crippen molar-refractivity contribution >= 4 is 24.0 Å². The van der Waals surface area contributed by atoms with E-state index in [1.54, 1.807) is 0 Å². The highest BCUT2D eigenvalue weighted by atomic mass is 16.5. The van der Waals surface area contributed by atoms with Crippen molar-refractivity contribution in [2.24, 2.45) is 11.8 Å². The minimum Gasteiger partial charge on any atom is -0.453 e. The summed E-state index contributed by atoms with van der Waals surface area (Å²) in [7, 11) is 2.60. The van der Waals surface area contributed by atoms with Gasteiger partial charge in [0.15, 0.2) is 0 Å². The van der Waals surface area contributed by atoms with E-state index in [1.807, 2.05) is 42.0 Å². The van der Waals surface area contributed by atoms with Gasteiger partial charge < -0.3 is 44.6 Å². The summed E-state index contributed by atoms with van der Waals surface area (Å²) in [6.45, 7) is 5.19. The monoisotopic (exact) mass is 818 g/mol. The van der Waals surface area contributed by atoms with Crippen LogP contribution in [0, 0.1) is 11.8 Å². The molecule has 60 heavy (non-hydrogen) atoms. The van der Waals surface area contributed by atoms with E-state index in [0.717, 1.165) is 83.7 Å². The topological polar surface area (TPSA) is 184 Å². The number of piperidine rings is 1. The summed E-state index contributed by atoms with van der Waals surface area (Å²) in [6, 6.07) is 14.9. The van der Waals surface area contributed by atoms with Gasteiger partial charge >= 0.3 is 12.2 Å². The zero-order valence-electron chi connectivity index (χ0n) is 34.6. The molecule has 2 bridgehead atoms. The fourth-order valence-electron chi connectivity index (χ4n) is 8.95. The normalized spacial score (nSPS) is 23.8. The molecule has 1 aliphatic carbocycles. The van der Waals surface area contributed by atoms with Gasteiger partial charge in [0, 0.05) is 18.2 Å². The van der Waals surface area contributed by atoms with Gasteiger partial charge in [0.1, 0.15) is 23.7 Å². The zero-order chi connectivity index (χ0) is 41.9. The molecule has 6 atom stereocenters. The third-order valence-corrected chi connectivity index (χ3v) is 12.3. The molecule has 0 spiro atoms. The van der Waals surface area contributed by atoms with Crippen LogP contribution in [0.4, 0.5) is 9.59 Å². The van der Waals surface area contributed by atoms with Gasteiger partial charge in [-0.25, -0.2) is 19.6 Å². The van der Waals surface area contributed by atoms with E-state index >= 15 is 0 Å². The Hall–Kier alpha value is -5.96. The second kappa shape index (κ2) is 17.7.